The van der Waals surface area contributed by atoms with E-state index < -0.39 is 36.5 Å². The lowest BCUT2D eigenvalue weighted by Crippen LogP contribution is -2.56. The van der Waals surface area contributed by atoms with Gasteiger partial charge in [-0.3, -0.25) is 0 Å². The van der Waals surface area contributed by atoms with Crippen LogP contribution in [0.5, 0.6) is 0 Å². The maximum Gasteiger partial charge on any atom is 0.335 e. The summed E-state index contributed by atoms with van der Waals surface area (Å²) < 4.78 is 37.5. The van der Waals surface area contributed by atoms with Gasteiger partial charge in [0.25, 0.3) is 0 Å². The average Bonchev–Trinajstić information content (AvgIpc) is 3.13. The zero-order valence-electron chi connectivity index (χ0n) is 26.6. The third kappa shape index (κ3) is 10.3. The second-order valence-corrected chi connectivity index (χ2v) is 11.3. The van der Waals surface area contributed by atoms with E-state index in [2.05, 4.69) is 0 Å². The van der Waals surface area contributed by atoms with Crippen LogP contribution in [0.2, 0.25) is 0 Å². The van der Waals surface area contributed by atoms with E-state index in [-0.39, 0.29) is 19.6 Å². The Labute approximate surface area is 276 Å². The number of carbonyl (C=O) groups is 1. The molecule has 0 aromatic heterocycles. The highest BCUT2D eigenvalue weighted by atomic mass is 16.6. The molecule has 8 heteroatoms. The fraction of sp³-hybridized carbons (Fsp3) is 0.308. The van der Waals surface area contributed by atoms with Crippen LogP contribution >= 0.6 is 0 Å². The van der Waals surface area contributed by atoms with Crippen molar-refractivity contribution in [2.45, 2.75) is 63.4 Å². The molecule has 5 rings (SSSR count). The van der Waals surface area contributed by atoms with Gasteiger partial charge in [0.15, 0.2) is 12.2 Å². The molecule has 4 aromatic rings. The molecule has 1 aliphatic heterocycles. The molecule has 0 aliphatic carbocycles. The topological polar surface area (TPSA) is 92.7 Å². The zero-order valence-corrected chi connectivity index (χ0v) is 26.6. The lowest BCUT2D eigenvalue weighted by atomic mass is 9.96. The molecule has 0 bridgehead atoms. The highest BCUT2D eigenvalue weighted by Crippen LogP contribution is 2.33. The van der Waals surface area contributed by atoms with E-state index >= 15 is 0 Å². The molecule has 47 heavy (non-hydrogen) atoms. The summed E-state index contributed by atoms with van der Waals surface area (Å²) in [5.41, 5.74) is 4.00. The number of benzene rings is 4. The second-order valence-electron chi connectivity index (χ2n) is 11.3. The molecule has 1 fully saturated rings. The van der Waals surface area contributed by atoms with Gasteiger partial charge in [-0.15, -0.1) is 0 Å². The monoisotopic (exact) mass is 638 g/mol. The van der Waals surface area contributed by atoms with Crippen molar-refractivity contribution in [2.75, 3.05) is 13.7 Å². The molecule has 0 saturated carbocycles. The van der Waals surface area contributed by atoms with Crippen LogP contribution in [0, 0.1) is 0 Å². The van der Waals surface area contributed by atoms with Gasteiger partial charge in [-0.05, 0) is 28.3 Å². The number of aliphatic hydroxyl groups excluding tert-OH is 1. The fourth-order valence-corrected chi connectivity index (χ4v) is 5.33. The maximum absolute atomic E-state index is 12.1. The second kappa shape index (κ2) is 18.1. The van der Waals surface area contributed by atoms with Gasteiger partial charge in [0.05, 0.1) is 40.1 Å². The summed E-state index contributed by atoms with van der Waals surface area (Å²) in [5, 5.41) is 10.5. The van der Waals surface area contributed by atoms with Crippen molar-refractivity contribution in [3.63, 3.8) is 0 Å². The molecule has 0 unspecified atom stereocenters. The first kappa shape index (κ1) is 34.0. The smallest absolute Gasteiger partial charge is 0.335 e. The molecule has 1 heterocycles. The molecular formula is C39H42O8. The molecule has 246 valence electrons. The van der Waals surface area contributed by atoms with Gasteiger partial charge < -0.3 is 33.5 Å². The van der Waals surface area contributed by atoms with Gasteiger partial charge in [-0.2, -0.15) is 0 Å². The molecule has 4 aromatic carbocycles. The zero-order chi connectivity index (χ0) is 32.7. The number of hydrogen-bond donors (Lipinski definition) is 1. The van der Waals surface area contributed by atoms with Crippen molar-refractivity contribution in [1.29, 1.82) is 0 Å². The standard InChI is InChI=1S/C39H42O8/c1-42-39(41)33(40)22-23-34-36(44-25-30-16-8-3-9-17-30)38(46-27-32-20-12-5-13-21-32)37(45-26-31-18-10-4-11-19-31)35(47-34)28-43-24-29-14-6-2-7-15-29/h2-21,23,33,35-38,40H,22,24-28H2,1H3/b34-23-/t33-,35+,36-,37-,38+/m0/s1. The van der Waals surface area contributed by atoms with E-state index in [0.29, 0.717) is 25.6 Å². The van der Waals surface area contributed by atoms with Crippen molar-refractivity contribution in [3.05, 3.63) is 155 Å². The Balaban J connectivity index is 1.47. The predicted octanol–water partition coefficient (Wildman–Crippen LogP) is 6.17. The van der Waals surface area contributed by atoms with Crippen LogP contribution in [-0.4, -0.2) is 55.3 Å². The molecule has 1 N–H and O–H groups in total. The van der Waals surface area contributed by atoms with Crippen LogP contribution in [0.25, 0.3) is 0 Å². The van der Waals surface area contributed by atoms with Crippen LogP contribution in [-0.2, 0) is 59.6 Å². The van der Waals surface area contributed by atoms with Crippen molar-refractivity contribution in [2.24, 2.45) is 0 Å². The summed E-state index contributed by atoms with van der Waals surface area (Å²) in [7, 11) is 1.24. The minimum atomic E-state index is -1.37. The first-order valence-corrected chi connectivity index (χ1v) is 15.8. The van der Waals surface area contributed by atoms with E-state index in [4.69, 9.17) is 28.4 Å². The van der Waals surface area contributed by atoms with E-state index in [9.17, 15) is 9.90 Å². The minimum Gasteiger partial charge on any atom is -0.487 e. The van der Waals surface area contributed by atoms with Gasteiger partial charge in [0.1, 0.15) is 24.1 Å². The van der Waals surface area contributed by atoms with E-state index in [1.807, 2.05) is 121 Å². The molecule has 0 radical (unpaired) electrons. The van der Waals surface area contributed by atoms with Crippen LogP contribution in [0.4, 0.5) is 0 Å². The SMILES string of the molecule is COC(=O)[C@@H](O)C/C=C1\O[C@H](COCc2ccccc2)[C@H](OCc2ccccc2)[C@H](OCc2ccccc2)[C@H]1OCc1ccccc1. The molecular weight excluding hydrogens is 596 g/mol. The largest absolute Gasteiger partial charge is 0.487 e. The van der Waals surface area contributed by atoms with E-state index in [1.165, 1.54) is 7.11 Å². The molecule has 5 atom stereocenters. The Morgan fingerprint density at radius 2 is 1.13 bits per heavy atom. The summed E-state index contributed by atoms with van der Waals surface area (Å²) in [4.78, 5) is 12.1. The van der Waals surface area contributed by atoms with Crippen molar-refractivity contribution < 1.29 is 38.3 Å². The third-order valence-corrected chi connectivity index (χ3v) is 7.81. The highest BCUT2D eigenvalue weighted by molar-refractivity contribution is 5.74. The molecule has 1 aliphatic rings. The van der Waals surface area contributed by atoms with Crippen molar-refractivity contribution in [3.8, 4) is 0 Å². The maximum atomic E-state index is 12.1. The average molecular weight is 639 g/mol. The van der Waals surface area contributed by atoms with Gasteiger partial charge in [0, 0.05) is 6.42 Å². The number of aliphatic hydroxyl groups is 1. The summed E-state index contributed by atoms with van der Waals surface area (Å²) in [6.07, 6.45) is -2.29. The Morgan fingerprint density at radius 1 is 0.681 bits per heavy atom. The number of esters is 1. The van der Waals surface area contributed by atoms with Crippen LogP contribution < -0.4 is 0 Å². The molecule has 8 nitrogen and oxygen atoms in total. The first-order valence-electron chi connectivity index (χ1n) is 15.8. The van der Waals surface area contributed by atoms with Crippen LogP contribution in [0.1, 0.15) is 28.7 Å². The summed E-state index contributed by atoms with van der Waals surface area (Å²) in [5.74, 6) is -0.307. The Kier molecular flexibility index (Phi) is 13.1. The normalized spacial score (nSPS) is 20.8. The van der Waals surface area contributed by atoms with Gasteiger partial charge in [-0.1, -0.05) is 121 Å². The number of rotatable bonds is 16. The number of carbonyl (C=O) groups excluding carboxylic acids is 1. The Hall–Kier alpha value is -4.31. The summed E-state index contributed by atoms with van der Waals surface area (Å²) >= 11 is 0. The van der Waals surface area contributed by atoms with Crippen molar-refractivity contribution in [1.82, 2.24) is 0 Å². The van der Waals surface area contributed by atoms with Crippen molar-refractivity contribution >= 4 is 5.97 Å². The quantitative estimate of drug-likeness (QED) is 0.146. The number of methoxy groups -OCH3 is 1. The Morgan fingerprint density at radius 3 is 1.62 bits per heavy atom. The highest BCUT2D eigenvalue weighted by Gasteiger charge is 2.46. The lowest BCUT2D eigenvalue weighted by molar-refractivity contribution is -0.223. The third-order valence-electron chi connectivity index (χ3n) is 7.81. The van der Waals surface area contributed by atoms with E-state index in [0.717, 1.165) is 22.3 Å². The summed E-state index contributed by atoms with van der Waals surface area (Å²) in [6.45, 7) is 1.48. The van der Waals surface area contributed by atoms with Gasteiger partial charge >= 0.3 is 5.97 Å². The predicted molar refractivity (Wildman–Crippen MR) is 177 cm³/mol. The summed E-state index contributed by atoms with van der Waals surface area (Å²) in [6, 6.07) is 39.6. The van der Waals surface area contributed by atoms with Crippen LogP contribution in [0.3, 0.4) is 0 Å². The van der Waals surface area contributed by atoms with E-state index in [1.54, 1.807) is 6.08 Å². The molecule has 1 saturated heterocycles. The Bertz CT molecular complexity index is 1500. The number of hydrogen-bond acceptors (Lipinski definition) is 8. The van der Waals surface area contributed by atoms with Crippen LogP contribution in [0.15, 0.2) is 133 Å². The van der Waals surface area contributed by atoms with Gasteiger partial charge in [-0.25, -0.2) is 4.79 Å². The number of ether oxygens (including phenoxy) is 6. The molecule has 0 spiro atoms. The minimum absolute atomic E-state index is 0.0360. The fourth-order valence-electron chi connectivity index (χ4n) is 5.33. The van der Waals surface area contributed by atoms with Gasteiger partial charge in [0.2, 0.25) is 0 Å². The first-order chi connectivity index (χ1) is 23.1. The molecule has 0 amide bonds. The lowest BCUT2D eigenvalue weighted by Gasteiger charge is -2.43.